The summed E-state index contributed by atoms with van der Waals surface area (Å²) < 4.78 is 16.4. The molecule has 1 aliphatic rings. The van der Waals surface area contributed by atoms with E-state index >= 15 is 0 Å². The van der Waals surface area contributed by atoms with E-state index in [1.807, 2.05) is 19.1 Å². The fourth-order valence-corrected chi connectivity index (χ4v) is 2.73. The van der Waals surface area contributed by atoms with Crippen LogP contribution in [0.15, 0.2) is 23.4 Å². The van der Waals surface area contributed by atoms with Gasteiger partial charge in [0.1, 0.15) is 5.60 Å². The van der Waals surface area contributed by atoms with Crippen LogP contribution in [0.4, 0.5) is 4.79 Å². The molecule has 1 fully saturated rings. The van der Waals surface area contributed by atoms with Crippen molar-refractivity contribution in [3.8, 4) is 11.5 Å². The van der Waals surface area contributed by atoms with Crippen LogP contribution in [-0.2, 0) is 14.4 Å². The summed E-state index contributed by atoms with van der Waals surface area (Å²) in [7, 11) is 1.57. The third-order valence-electron chi connectivity index (χ3n) is 4.28. The lowest BCUT2D eigenvalue weighted by atomic mass is 10.0. The van der Waals surface area contributed by atoms with E-state index in [1.165, 1.54) is 0 Å². The van der Waals surface area contributed by atoms with Gasteiger partial charge in [0.2, 0.25) is 0 Å². The van der Waals surface area contributed by atoms with Gasteiger partial charge in [-0.25, -0.2) is 9.59 Å². The standard InChI is InChI=1S/C22H32N2O6/c1-7-28-19-13-16(10-11-18(19)27-6)17(23-21(26)29-22(3,4)5)12-14(2)24-30-20(25)15-8-9-15/h10-11,13,15,17H,7-9,12H2,1-6H3,(H,23,26)/t17-/m1/s1. The maximum atomic E-state index is 12.4. The molecule has 0 radical (unpaired) electrons. The normalized spacial score (nSPS) is 15.2. The Morgan fingerprint density at radius 2 is 1.93 bits per heavy atom. The van der Waals surface area contributed by atoms with Crippen molar-refractivity contribution in [3.05, 3.63) is 23.8 Å². The Morgan fingerprint density at radius 3 is 2.50 bits per heavy atom. The lowest BCUT2D eigenvalue weighted by molar-refractivity contribution is -0.145. The molecule has 8 nitrogen and oxygen atoms in total. The number of ether oxygens (including phenoxy) is 3. The van der Waals surface area contributed by atoms with E-state index < -0.39 is 17.7 Å². The van der Waals surface area contributed by atoms with Crippen molar-refractivity contribution in [3.63, 3.8) is 0 Å². The molecule has 0 unspecified atom stereocenters. The Labute approximate surface area is 177 Å². The van der Waals surface area contributed by atoms with Gasteiger partial charge in [-0.05, 0) is 65.2 Å². The number of oxime groups is 1. The average molecular weight is 421 g/mol. The Hall–Kier alpha value is -2.77. The molecule has 0 spiro atoms. The minimum absolute atomic E-state index is 0.0347. The van der Waals surface area contributed by atoms with Crippen molar-refractivity contribution in [2.24, 2.45) is 11.1 Å². The monoisotopic (exact) mass is 420 g/mol. The number of alkyl carbamates (subject to hydrolysis) is 1. The molecule has 30 heavy (non-hydrogen) atoms. The summed E-state index contributed by atoms with van der Waals surface area (Å²) >= 11 is 0. The number of nitrogens with one attached hydrogen (secondary N) is 1. The molecule has 166 valence electrons. The van der Waals surface area contributed by atoms with Crippen LogP contribution in [0.25, 0.3) is 0 Å². The van der Waals surface area contributed by atoms with Gasteiger partial charge in [-0.3, -0.25) is 0 Å². The third kappa shape index (κ3) is 7.57. The molecular weight excluding hydrogens is 388 g/mol. The largest absolute Gasteiger partial charge is 0.493 e. The van der Waals surface area contributed by atoms with Crippen LogP contribution in [0.1, 0.15) is 65.5 Å². The first-order valence-electron chi connectivity index (χ1n) is 10.2. The minimum Gasteiger partial charge on any atom is -0.493 e. The molecule has 1 N–H and O–H groups in total. The quantitative estimate of drug-likeness (QED) is 0.362. The molecule has 2 rings (SSSR count). The summed E-state index contributed by atoms with van der Waals surface area (Å²) in [4.78, 5) is 29.2. The summed E-state index contributed by atoms with van der Waals surface area (Å²) in [6, 6.07) is 4.97. The van der Waals surface area contributed by atoms with E-state index in [0.717, 1.165) is 18.4 Å². The van der Waals surface area contributed by atoms with E-state index in [1.54, 1.807) is 40.9 Å². The number of hydrogen-bond donors (Lipinski definition) is 1. The molecule has 1 aromatic rings. The second-order valence-electron chi connectivity index (χ2n) is 8.26. The van der Waals surface area contributed by atoms with Gasteiger partial charge in [0, 0.05) is 6.42 Å². The van der Waals surface area contributed by atoms with Crippen LogP contribution in [0.2, 0.25) is 0 Å². The second-order valence-corrected chi connectivity index (χ2v) is 8.26. The number of carbonyl (C=O) groups is 2. The smallest absolute Gasteiger partial charge is 0.408 e. The van der Waals surface area contributed by atoms with E-state index in [0.29, 0.717) is 30.2 Å². The number of amides is 1. The maximum Gasteiger partial charge on any atom is 0.408 e. The third-order valence-corrected chi connectivity index (χ3v) is 4.28. The highest BCUT2D eigenvalue weighted by Gasteiger charge is 2.32. The zero-order chi connectivity index (χ0) is 22.3. The van der Waals surface area contributed by atoms with Crippen LogP contribution in [0, 0.1) is 5.92 Å². The van der Waals surface area contributed by atoms with Crippen molar-refractivity contribution < 1.29 is 28.6 Å². The van der Waals surface area contributed by atoms with Crippen LogP contribution >= 0.6 is 0 Å². The summed E-state index contributed by atoms with van der Waals surface area (Å²) in [5.41, 5.74) is 0.723. The summed E-state index contributed by atoms with van der Waals surface area (Å²) in [5.74, 6) is 0.824. The molecule has 1 atom stereocenters. The van der Waals surface area contributed by atoms with Gasteiger partial charge in [-0.1, -0.05) is 11.2 Å². The van der Waals surface area contributed by atoms with Gasteiger partial charge in [-0.15, -0.1) is 0 Å². The van der Waals surface area contributed by atoms with Crippen LogP contribution in [0.5, 0.6) is 11.5 Å². The van der Waals surface area contributed by atoms with Crippen molar-refractivity contribution in [1.29, 1.82) is 0 Å². The molecular formula is C22H32N2O6. The van der Waals surface area contributed by atoms with Gasteiger partial charge in [0.05, 0.1) is 31.4 Å². The van der Waals surface area contributed by atoms with Crippen LogP contribution in [0.3, 0.4) is 0 Å². The fourth-order valence-electron chi connectivity index (χ4n) is 2.73. The Bertz CT molecular complexity index is 780. The highest BCUT2D eigenvalue weighted by molar-refractivity contribution is 5.84. The molecule has 1 aromatic carbocycles. The van der Waals surface area contributed by atoms with Gasteiger partial charge < -0.3 is 24.4 Å². The average Bonchev–Trinajstić information content (AvgIpc) is 3.49. The van der Waals surface area contributed by atoms with Crippen molar-refractivity contribution in [2.75, 3.05) is 13.7 Å². The Morgan fingerprint density at radius 1 is 1.23 bits per heavy atom. The number of carbonyl (C=O) groups excluding carboxylic acids is 2. The fraction of sp³-hybridized carbons (Fsp3) is 0.591. The van der Waals surface area contributed by atoms with E-state index in [-0.39, 0.29) is 11.9 Å². The lowest BCUT2D eigenvalue weighted by Crippen LogP contribution is -2.35. The Balaban J connectivity index is 2.21. The van der Waals surface area contributed by atoms with Crippen molar-refractivity contribution >= 4 is 17.8 Å². The molecule has 0 aromatic heterocycles. The molecule has 0 heterocycles. The van der Waals surface area contributed by atoms with Gasteiger partial charge >= 0.3 is 12.1 Å². The number of nitrogens with zero attached hydrogens (tertiary/aromatic N) is 1. The first-order valence-corrected chi connectivity index (χ1v) is 10.2. The number of methoxy groups -OCH3 is 1. The van der Waals surface area contributed by atoms with E-state index in [4.69, 9.17) is 19.0 Å². The van der Waals surface area contributed by atoms with Crippen LogP contribution in [-0.4, -0.2) is 37.1 Å². The molecule has 0 saturated heterocycles. The summed E-state index contributed by atoms with van der Waals surface area (Å²) in [6.07, 6.45) is 1.48. The molecule has 1 aliphatic carbocycles. The molecule has 1 amide bonds. The first-order chi connectivity index (χ1) is 14.1. The molecule has 0 bridgehead atoms. The second kappa shape index (κ2) is 10.3. The first kappa shape index (κ1) is 23.5. The SMILES string of the molecule is CCOc1cc([C@@H](CC(C)=NOC(=O)C2CC2)NC(=O)OC(C)(C)C)ccc1OC. The molecule has 0 aliphatic heterocycles. The maximum absolute atomic E-state index is 12.4. The zero-order valence-corrected chi connectivity index (χ0v) is 18.6. The minimum atomic E-state index is -0.631. The predicted molar refractivity (Wildman–Crippen MR) is 113 cm³/mol. The Kier molecular flexibility index (Phi) is 8.08. The predicted octanol–water partition coefficient (Wildman–Crippen LogP) is 4.38. The van der Waals surface area contributed by atoms with Gasteiger partial charge in [-0.2, -0.15) is 0 Å². The number of hydrogen-bond acceptors (Lipinski definition) is 7. The van der Waals surface area contributed by atoms with Gasteiger partial charge in [0.25, 0.3) is 0 Å². The topological polar surface area (TPSA) is 95.5 Å². The van der Waals surface area contributed by atoms with Crippen molar-refractivity contribution in [1.82, 2.24) is 5.32 Å². The highest BCUT2D eigenvalue weighted by atomic mass is 16.7. The number of rotatable bonds is 9. The lowest BCUT2D eigenvalue weighted by Gasteiger charge is -2.24. The molecule has 8 heteroatoms. The zero-order valence-electron chi connectivity index (χ0n) is 18.6. The summed E-state index contributed by atoms with van der Waals surface area (Å²) in [6.45, 7) is 9.50. The molecule has 1 saturated carbocycles. The number of benzene rings is 1. The van der Waals surface area contributed by atoms with Crippen molar-refractivity contribution in [2.45, 2.75) is 65.5 Å². The van der Waals surface area contributed by atoms with Crippen LogP contribution < -0.4 is 14.8 Å². The summed E-state index contributed by atoms with van der Waals surface area (Å²) in [5, 5.41) is 6.82. The highest BCUT2D eigenvalue weighted by Crippen LogP contribution is 2.32. The van der Waals surface area contributed by atoms with Gasteiger partial charge in [0.15, 0.2) is 11.5 Å². The van der Waals surface area contributed by atoms with E-state index in [2.05, 4.69) is 10.5 Å². The van der Waals surface area contributed by atoms with E-state index in [9.17, 15) is 9.59 Å².